The van der Waals surface area contributed by atoms with Gasteiger partial charge in [0, 0.05) is 13.6 Å². The van der Waals surface area contributed by atoms with Gasteiger partial charge in [-0.1, -0.05) is 12.1 Å². The molecule has 0 saturated heterocycles. The molecule has 0 aromatic heterocycles. The van der Waals surface area contributed by atoms with Crippen LogP contribution in [0.4, 0.5) is 4.79 Å². The number of nitrogens with two attached hydrogens (primary N) is 1. The fourth-order valence-corrected chi connectivity index (χ4v) is 1.91. The molecule has 0 spiro atoms. The minimum absolute atomic E-state index is 0.396. The zero-order chi connectivity index (χ0) is 13.0. The van der Waals surface area contributed by atoms with Gasteiger partial charge in [-0.3, -0.25) is 0 Å². The number of aryl methyl sites for hydroxylation is 2. The van der Waals surface area contributed by atoms with Gasteiger partial charge in [-0.2, -0.15) is 0 Å². The van der Waals surface area contributed by atoms with Crippen molar-refractivity contribution in [1.82, 2.24) is 4.90 Å². The molecule has 0 aliphatic carbocycles. The zero-order valence-corrected chi connectivity index (χ0v) is 10.9. The van der Waals surface area contributed by atoms with E-state index in [1.165, 1.54) is 10.5 Å². The number of hydrogen-bond acceptors (Lipinski definition) is 2. The summed E-state index contributed by atoms with van der Waals surface area (Å²) in [6.07, 6.45) is 0.797. The van der Waals surface area contributed by atoms with E-state index in [2.05, 4.69) is 12.1 Å². The van der Waals surface area contributed by atoms with Gasteiger partial charge in [0.25, 0.3) is 0 Å². The summed E-state index contributed by atoms with van der Waals surface area (Å²) < 4.78 is 5.31. The van der Waals surface area contributed by atoms with Gasteiger partial charge in [0.05, 0.1) is 7.11 Å². The Morgan fingerprint density at radius 2 is 1.88 bits per heavy atom. The van der Waals surface area contributed by atoms with Crippen LogP contribution in [0.2, 0.25) is 0 Å². The van der Waals surface area contributed by atoms with E-state index in [0.717, 1.165) is 23.3 Å². The van der Waals surface area contributed by atoms with Gasteiger partial charge in [-0.25, -0.2) is 4.79 Å². The van der Waals surface area contributed by atoms with Crippen molar-refractivity contribution in [2.24, 2.45) is 5.73 Å². The van der Waals surface area contributed by atoms with Gasteiger partial charge >= 0.3 is 6.03 Å². The minimum Gasteiger partial charge on any atom is -0.496 e. The number of urea groups is 1. The van der Waals surface area contributed by atoms with Crippen molar-refractivity contribution in [1.29, 1.82) is 0 Å². The number of ether oxygens (including phenoxy) is 1. The summed E-state index contributed by atoms with van der Waals surface area (Å²) in [7, 11) is 3.38. The highest BCUT2D eigenvalue weighted by Crippen LogP contribution is 2.24. The lowest BCUT2D eigenvalue weighted by molar-refractivity contribution is 0.219. The lowest BCUT2D eigenvalue weighted by Crippen LogP contribution is -2.33. The highest BCUT2D eigenvalue weighted by atomic mass is 16.5. The van der Waals surface area contributed by atoms with Crippen molar-refractivity contribution >= 4 is 6.03 Å². The van der Waals surface area contributed by atoms with Crippen LogP contribution in [0.5, 0.6) is 5.75 Å². The summed E-state index contributed by atoms with van der Waals surface area (Å²) in [6, 6.07) is 3.77. The Balaban J connectivity index is 2.77. The zero-order valence-electron chi connectivity index (χ0n) is 10.9. The largest absolute Gasteiger partial charge is 0.496 e. The van der Waals surface area contributed by atoms with E-state index in [1.54, 1.807) is 14.2 Å². The van der Waals surface area contributed by atoms with Crippen LogP contribution in [0, 0.1) is 13.8 Å². The van der Waals surface area contributed by atoms with Crippen LogP contribution in [0.25, 0.3) is 0 Å². The van der Waals surface area contributed by atoms with Gasteiger partial charge in [0.2, 0.25) is 0 Å². The highest BCUT2D eigenvalue weighted by molar-refractivity contribution is 5.71. The Morgan fingerprint density at radius 1 is 1.35 bits per heavy atom. The Labute approximate surface area is 102 Å². The molecule has 0 aliphatic rings. The fourth-order valence-electron chi connectivity index (χ4n) is 1.91. The molecule has 0 heterocycles. The summed E-state index contributed by atoms with van der Waals surface area (Å²) in [5.74, 6) is 0.928. The third kappa shape index (κ3) is 3.37. The molecule has 94 valence electrons. The van der Waals surface area contributed by atoms with Crippen LogP contribution in [0.15, 0.2) is 12.1 Å². The molecule has 17 heavy (non-hydrogen) atoms. The second kappa shape index (κ2) is 5.57. The quantitative estimate of drug-likeness (QED) is 0.867. The van der Waals surface area contributed by atoms with Crippen LogP contribution in [0.1, 0.15) is 16.7 Å². The summed E-state index contributed by atoms with van der Waals surface area (Å²) in [5, 5.41) is 0. The first kappa shape index (κ1) is 13.4. The smallest absolute Gasteiger partial charge is 0.314 e. The summed E-state index contributed by atoms with van der Waals surface area (Å²) in [6.45, 7) is 4.67. The number of rotatable bonds is 4. The molecule has 1 aromatic carbocycles. The molecule has 0 aliphatic heterocycles. The highest BCUT2D eigenvalue weighted by Gasteiger charge is 2.07. The average Bonchev–Trinajstić information content (AvgIpc) is 2.25. The lowest BCUT2D eigenvalue weighted by atomic mass is 10.0. The van der Waals surface area contributed by atoms with Gasteiger partial charge in [-0.05, 0) is 37.0 Å². The number of carbonyl (C=O) groups is 1. The number of amides is 2. The molecule has 1 rings (SSSR count). The number of carbonyl (C=O) groups excluding carboxylic acids is 1. The second-order valence-corrected chi connectivity index (χ2v) is 4.27. The van der Waals surface area contributed by atoms with Gasteiger partial charge in [0.15, 0.2) is 0 Å². The van der Waals surface area contributed by atoms with E-state index in [9.17, 15) is 4.79 Å². The number of hydrogen-bond donors (Lipinski definition) is 1. The summed E-state index contributed by atoms with van der Waals surface area (Å²) >= 11 is 0. The van der Waals surface area contributed by atoms with Crippen LogP contribution >= 0.6 is 0 Å². The van der Waals surface area contributed by atoms with Crippen molar-refractivity contribution in [3.05, 3.63) is 28.8 Å². The molecule has 0 saturated carbocycles. The normalized spacial score (nSPS) is 10.1. The summed E-state index contributed by atoms with van der Waals surface area (Å²) in [4.78, 5) is 12.4. The van der Waals surface area contributed by atoms with Crippen molar-refractivity contribution < 1.29 is 9.53 Å². The first-order chi connectivity index (χ1) is 7.95. The molecule has 2 N–H and O–H groups in total. The van der Waals surface area contributed by atoms with Gasteiger partial charge in [0.1, 0.15) is 5.75 Å². The van der Waals surface area contributed by atoms with Crippen LogP contribution in [0.3, 0.4) is 0 Å². The number of benzene rings is 1. The maximum Gasteiger partial charge on any atom is 0.314 e. The monoisotopic (exact) mass is 236 g/mol. The predicted molar refractivity (Wildman–Crippen MR) is 68.4 cm³/mol. The maximum atomic E-state index is 10.9. The molecule has 0 unspecified atom stereocenters. The Kier molecular flexibility index (Phi) is 4.37. The Hall–Kier alpha value is -1.71. The van der Waals surface area contributed by atoms with E-state index >= 15 is 0 Å². The number of nitrogens with zero attached hydrogens (tertiary/aromatic N) is 1. The molecule has 0 bridgehead atoms. The maximum absolute atomic E-state index is 10.9. The topological polar surface area (TPSA) is 55.6 Å². The average molecular weight is 236 g/mol. The molecular formula is C13H20N2O2. The molecular weight excluding hydrogens is 216 g/mol. The minimum atomic E-state index is -0.396. The fraction of sp³-hybridized carbons (Fsp3) is 0.462. The Morgan fingerprint density at radius 3 is 2.29 bits per heavy atom. The number of likely N-dealkylation sites (N-methyl/N-ethyl adjacent to an activating group) is 1. The first-order valence-corrected chi connectivity index (χ1v) is 5.60. The molecule has 0 radical (unpaired) electrons. The van der Waals surface area contributed by atoms with E-state index in [-0.39, 0.29) is 0 Å². The predicted octanol–water partition coefficient (Wildman–Crippen LogP) is 1.87. The Bertz CT molecular complexity index is 393. The molecule has 1 aromatic rings. The first-order valence-electron chi connectivity index (χ1n) is 5.60. The second-order valence-electron chi connectivity index (χ2n) is 4.27. The number of primary amides is 1. The third-order valence-corrected chi connectivity index (χ3v) is 2.84. The van der Waals surface area contributed by atoms with E-state index in [1.807, 2.05) is 13.8 Å². The molecule has 0 atom stereocenters. The van der Waals surface area contributed by atoms with Gasteiger partial charge < -0.3 is 15.4 Å². The van der Waals surface area contributed by atoms with Crippen molar-refractivity contribution in [3.63, 3.8) is 0 Å². The van der Waals surface area contributed by atoms with Crippen molar-refractivity contribution in [2.45, 2.75) is 20.3 Å². The van der Waals surface area contributed by atoms with E-state index in [4.69, 9.17) is 10.5 Å². The van der Waals surface area contributed by atoms with Gasteiger partial charge in [-0.15, -0.1) is 0 Å². The SMILES string of the molecule is COc1c(C)cc(CCN(C)C(N)=O)cc1C. The molecule has 2 amide bonds. The van der Waals surface area contributed by atoms with Crippen molar-refractivity contribution in [2.75, 3.05) is 20.7 Å². The van der Waals surface area contributed by atoms with Crippen molar-refractivity contribution in [3.8, 4) is 5.75 Å². The van der Waals surface area contributed by atoms with E-state index < -0.39 is 6.03 Å². The standard InChI is InChI=1S/C13H20N2O2/c1-9-7-11(5-6-15(3)13(14)16)8-10(2)12(9)17-4/h7-8H,5-6H2,1-4H3,(H2,14,16). The van der Waals surface area contributed by atoms with E-state index in [0.29, 0.717) is 6.54 Å². The summed E-state index contributed by atoms with van der Waals surface area (Å²) in [5.41, 5.74) is 8.59. The van der Waals surface area contributed by atoms with Crippen LogP contribution < -0.4 is 10.5 Å². The van der Waals surface area contributed by atoms with Crippen LogP contribution in [-0.2, 0) is 6.42 Å². The van der Waals surface area contributed by atoms with Crippen LogP contribution in [-0.4, -0.2) is 31.6 Å². The molecule has 4 heteroatoms. The number of methoxy groups -OCH3 is 1. The molecule has 0 fully saturated rings. The third-order valence-electron chi connectivity index (χ3n) is 2.84. The molecule has 4 nitrogen and oxygen atoms in total. The lowest BCUT2D eigenvalue weighted by Gasteiger charge is -2.15.